The summed E-state index contributed by atoms with van der Waals surface area (Å²) in [4.78, 5) is 2.67. The Hall–Kier alpha value is -3.46. The van der Waals surface area contributed by atoms with Crippen molar-refractivity contribution >= 4 is 64.4 Å². The number of thiophene rings is 2. The minimum atomic E-state index is 1.08. The Morgan fingerprint density at radius 2 is 0.971 bits per heavy atom. The lowest BCUT2D eigenvalue weighted by atomic mass is 9.99. The van der Waals surface area contributed by atoms with Gasteiger partial charge in [-0.05, 0) is 63.7 Å². The topological polar surface area (TPSA) is 0 Å². The first-order valence-corrected chi connectivity index (χ1v) is 13.8. The average molecular weight is 485 g/mol. The predicted octanol–water partition coefficient (Wildman–Crippen LogP) is 10.6. The van der Waals surface area contributed by atoms with Crippen LogP contribution in [0.4, 0.5) is 0 Å². The number of hydrogen-bond acceptors (Lipinski definition) is 2. The molecule has 0 saturated carbocycles. The average Bonchev–Trinajstić information content (AvgIpc) is 3.54. The summed E-state index contributed by atoms with van der Waals surface area (Å²) in [5.74, 6) is 0. The van der Waals surface area contributed by atoms with Gasteiger partial charge in [-0.15, -0.1) is 22.7 Å². The van der Waals surface area contributed by atoms with Gasteiger partial charge in [-0.25, -0.2) is 0 Å². The van der Waals surface area contributed by atoms with Crippen LogP contribution in [0.2, 0.25) is 0 Å². The molecule has 0 radical (unpaired) electrons. The molecular formula is C33H24S2. The molecule has 2 aromatic heterocycles. The van der Waals surface area contributed by atoms with Crippen LogP contribution < -0.4 is 0 Å². The molecule has 0 N–H and O–H groups in total. The van der Waals surface area contributed by atoms with Crippen molar-refractivity contribution in [2.45, 2.75) is 20.3 Å². The van der Waals surface area contributed by atoms with Gasteiger partial charge in [-0.2, -0.15) is 0 Å². The van der Waals surface area contributed by atoms with E-state index in [1.54, 1.807) is 0 Å². The highest BCUT2D eigenvalue weighted by Gasteiger charge is 2.13. The van der Waals surface area contributed by atoms with Gasteiger partial charge in [0.05, 0.1) is 0 Å². The molecule has 0 aliphatic carbocycles. The maximum atomic E-state index is 2.35. The lowest BCUT2D eigenvalue weighted by Gasteiger charge is -2.06. The third-order valence-corrected chi connectivity index (χ3v) is 9.61. The SMILES string of the molecule is CCc1ccc(-c2cc3ccc4c5ccc6cc(-c7ccc(C)cc7)sc6c5ccc4c3s2)cc1. The molecule has 168 valence electrons. The van der Waals surface area contributed by atoms with Crippen molar-refractivity contribution in [1.82, 2.24) is 0 Å². The Balaban J connectivity index is 1.40. The van der Waals surface area contributed by atoms with Crippen molar-refractivity contribution in [1.29, 1.82) is 0 Å². The largest absolute Gasteiger partial charge is 0.135 e. The van der Waals surface area contributed by atoms with Crippen molar-refractivity contribution in [3.8, 4) is 20.9 Å². The Morgan fingerprint density at radius 3 is 1.46 bits per heavy atom. The van der Waals surface area contributed by atoms with E-state index in [1.807, 2.05) is 22.7 Å². The van der Waals surface area contributed by atoms with Gasteiger partial charge in [0, 0.05) is 29.9 Å². The molecule has 0 bridgehead atoms. The van der Waals surface area contributed by atoms with Gasteiger partial charge in [0.1, 0.15) is 0 Å². The van der Waals surface area contributed by atoms with Gasteiger partial charge in [-0.3, -0.25) is 0 Å². The Morgan fingerprint density at radius 1 is 0.514 bits per heavy atom. The zero-order valence-electron chi connectivity index (χ0n) is 19.8. The molecule has 7 aromatic rings. The second-order valence-corrected chi connectivity index (χ2v) is 11.5. The highest BCUT2D eigenvalue weighted by Crippen LogP contribution is 2.43. The predicted molar refractivity (Wildman–Crippen MR) is 157 cm³/mol. The highest BCUT2D eigenvalue weighted by molar-refractivity contribution is 7.23. The van der Waals surface area contributed by atoms with Crippen LogP contribution in [0.3, 0.4) is 0 Å². The summed E-state index contributed by atoms with van der Waals surface area (Å²) in [6, 6.07) is 36.5. The summed E-state index contributed by atoms with van der Waals surface area (Å²) in [5.41, 5.74) is 5.29. The fourth-order valence-electron chi connectivity index (χ4n) is 5.12. The highest BCUT2D eigenvalue weighted by atomic mass is 32.1. The molecule has 0 amide bonds. The smallest absolute Gasteiger partial charge is 0.0428 e. The number of fused-ring (bicyclic) bond motifs is 7. The van der Waals surface area contributed by atoms with Crippen LogP contribution in [0.15, 0.2) is 97.1 Å². The van der Waals surface area contributed by atoms with E-state index in [-0.39, 0.29) is 0 Å². The standard InChI is InChI=1S/C33H24S2/c1-3-21-6-10-23(11-7-21)31-19-25-13-15-27-26-14-12-24-18-30(22-8-4-20(2)5-9-22)34-32(24)28(26)16-17-29(27)33(25)35-31/h4-19H,3H2,1-2H3. The molecule has 2 heterocycles. The second kappa shape index (κ2) is 8.05. The van der Waals surface area contributed by atoms with Gasteiger partial charge >= 0.3 is 0 Å². The number of hydrogen-bond donors (Lipinski definition) is 0. The molecule has 0 saturated heterocycles. The molecule has 0 unspecified atom stereocenters. The minimum absolute atomic E-state index is 1.08. The second-order valence-electron chi connectivity index (χ2n) is 9.36. The van der Waals surface area contributed by atoms with Crippen LogP contribution in [0, 0.1) is 6.92 Å². The lowest BCUT2D eigenvalue weighted by molar-refractivity contribution is 1.14. The van der Waals surface area contributed by atoms with Crippen LogP contribution in [0.1, 0.15) is 18.1 Å². The van der Waals surface area contributed by atoms with Crippen LogP contribution in [-0.4, -0.2) is 0 Å². The van der Waals surface area contributed by atoms with E-state index >= 15 is 0 Å². The fourth-order valence-corrected chi connectivity index (χ4v) is 7.51. The molecule has 7 rings (SSSR count). The number of aryl methyl sites for hydroxylation is 2. The van der Waals surface area contributed by atoms with E-state index in [9.17, 15) is 0 Å². The molecule has 2 heteroatoms. The maximum absolute atomic E-state index is 2.35. The first-order valence-electron chi connectivity index (χ1n) is 12.2. The monoisotopic (exact) mass is 484 g/mol. The first-order chi connectivity index (χ1) is 17.2. The Labute approximate surface area is 213 Å². The van der Waals surface area contributed by atoms with Crippen molar-refractivity contribution in [2.24, 2.45) is 0 Å². The number of rotatable bonds is 3. The van der Waals surface area contributed by atoms with Gasteiger partial charge in [0.25, 0.3) is 0 Å². The number of benzene rings is 5. The summed E-state index contributed by atoms with van der Waals surface area (Å²) >= 11 is 3.82. The van der Waals surface area contributed by atoms with Crippen LogP contribution in [0.25, 0.3) is 62.6 Å². The summed E-state index contributed by atoms with van der Waals surface area (Å²) in [7, 11) is 0. The van der Waals surface area contributed by atoms with Gasteiger partial charge < -0.3 is 0 Å². The molecule has 0 aliphatic rings. The van der Waals surface area contributed by atoms with Crippen molar-refractivity contribution in [3.05, 3.63) is 108 Å². The normalized spacial score (nSPS) is 11.8. The van der Waals surface area contributed by atoms with Crippen LogP contribution in [0.5, 0.6) is 0 Å². The first kappa shape index (κ1) is 20.9. The van der Waals surface area contributed by atoms with E-state index in [2.05, 4.69) is 111 Å². The molecule has 5 aromatic carbocycles. The summed E-state index contributed by atoms with van der Waals surface area (Å²) in [6.45, 7) is 4.35. The summed E-state index contributed by atoms with van der Waals surface area (Å²) < 4.78 is 2.76. The van der Waals surface area contributed by atoms with Crippen molar-refractivity contribution in [2.75, 3.05) is 0 Å². The van der Waals surface area contributed by atoms with Gasteiger partial charge in [0.2, 0.25) is 0 Å². The summed E-state index contributed by atoms with van der Waals surface area (Å²) in [6.07, 6.45) is 1.08. The molecular weight excluding hydrogens is 460 g/mol. The van der Waals surface area contributed by atoms with E-state index in [0.29, 0.717) is 0 Å². The molecule has 0 nitrogen and oxygen atoms in total. The fraction of sp³-hybridized carbons (Fsp3) is 0.0909. The quantitative estimate of drug-likeness (QED) is 0.219. The molecule has 0 aliphatic heterocycles. The van der Waals surface area contributed by atoms with E-state index in [1.165, 1.54) is 73.7 Å². The molecule has 35 heavy (non-hydrogen) atoms. The van der Waals surface area contributed by atoms with E-state index in [4.69, 9.17) is 0 Å². The van der Waals surface area contributed by atoms with E-state index < -0.39 is 0 Å². The molecule has 0 fully saturated rings. The molecule has 0 atom stereocenters. The van der Waals surface area contributed by atoms with Crippen molar-refractivity contribution < 1.29 is 0 Å². The third kappa shape index (κ3) is 3.40. The lowest BCUT2D eigenvalue weighted by Crippen LogP contribution is -1.78. The Kier molecular flexibility index (Phi) is 4.80. The third-order valence-electron chi connectivity index (χ3n) is 7.14. The van der Waals surface area contributed by atoms with Gasteiger partial charge in [0.15, 0.2) is 0 Å². The zero-order chi connectivity index (χ0) is 23.5. The Bertz CT molecular complexity index is 1860. The van der Waals surface area contributed by atoms with E-state index in [0.717, 1.165) is 6.42 Å². The minimum Gasteiger partial charge on any atom is -0.135 e. The van der Waals surface area contributed by atoms with Crippen LogP contribution in [-0.2, 0) is 6.42 Å². The van der Waals surface area contributed by atoms with Crippen LogP contribution >= 0.6 is 22.7 Å². The van der Waals surface area contributed by atoms with Crippen molar-refractivity contribution in [3.63, 3.8) is 0 Å². The summed E-state index contributed by atoms with van der Waals surface area (Å²) in [5, 5.41) is 8.05. The molecule has 0 spiro atoms. The zero-order valence-corrected chi connectivity index (χ0v) is 21.4. The van der Waals surface area contributed by atoms with Gasteiger partial charge in [-0.1, -0.05) is 97.4 Å². The maximum Gasteiger partial charge on any atom is 0.0428 e.